The second-order valence-corrected chi connectivity index (χ2v) is 5.27. The van der Waals surface area contributed by atoms with Gasteiger partial charge in [0, 0.05) is 6.54 Å². The van der Waals surface area contributed by atoms with Crippen LogP contribution in [-0.4, -0.2) is 36.1 Å². The lowest BCUT2D eigenvalue weighted by atomic mass is 10.1. The number of likely N-dealkylation sites (tertiary alicyclic amines) is 1. The van der Waals surface area contributed by atoms with Crippen molar-refractivity contribution >= 4 is 5.91 Å². The Hall–Kier alpha value is -2.07. The molecule has 1 saturated heterocycles. The molecule has 1 aliphatic rings. The summed E-state index contributed by atoms with van der Waals surface area (Å²) in [6.07, 6.45) is -3.06. The molecular weight excluding hydrogens is 295 g/mol. The van der Waals surface area contributed by atoms with Crippen molar-refractivity contribution in [3.05, 3.63) is 35.4 Å². The summed E-state index contributed by atoms with van der Waals surface area (Å²) in [4.78, 5) is 13.8. The number of carbonyl (C=O) groups excluding carboxylic acids is 1. The molecule has 1 aromatic carbocycles. The molecule has 1 aromatic rings. The van der Waals surface area contributed by atoms with Crippen molar-refractivity contribution in [2.45, 2.75) is 31.6 Å². The number of rotatable bonds is 4. The van der Waals surface area contributed by atoms with E-state index in [9.17, 15) is 18.0 Å². The second kappa shape index (κ2) is 6.79. The van der Waals surface area contributed by atoms with Crippen LogP contribution in [0.15, 0.2) is 24.3 Å². The molecule has 1 atom stereocenters. The van der Waals surface area contributed by atoms with E-state index < -0.39 is 24.7 Å². The standard InChI is InChI=1S/C15H16F3N3O/c16-15(17,18)10-20-14(22)13-2-1-7-21(13)9-12-5-3-11(8-19)4-6-12/h3-6,13H,1-2,7,9-10H2,(H,20,22)/t13-/m1/s1. The van der Waals surface area contributed by atoms with Gasteiger partial charge < -0.3 is 5.32 Å². The van der Waals surface area contributed by atoms with Crippen molar-refractivity contribution in [3.8, 4) is 6.07 Å². The first kappa shape index (κ1) is 16.3. The molecule has 22 heavy (non-hydrogen) atoms. The predicted molar refractivity (Wildman–Crippen MR) is 73.7 cm³/mol. The van der Waals surface area contributed by atoms with Crippen LogP contribution in [0.5, 0.6) is 0 Å². The molecule has 1 N–H and O–H groups in total. The fourth-order valence-corrected chi connectivity index (χ4v) is 2.54. The number of halogens is 3. The highest BCUT2D eigenvalue weighted by atomic mass is 19.4. The van der Waals surface area contributed by atoms with Gasteiger partial charge in [-0.05, 0) is 37.1 Å². The highest BCUT2D eigenvalue weighted by Gasteiger charge is 2.33. The molecule has 0 aliphatic carbocycles. The van der Waals surface area contributed by atoms with Crippen LogP contribution in [0.1, 0.15) is 24.0 Å². The summed E-state index contributed by atoms with van der Waals surface area (Å²) >= 11 is 0. The summed E-state index contributed by atoms with van der Waals surface area (Å²) < 4.78 is 36.5. The molecule has 7 heteroatoms. The minimum atomic E-state index is -4.40. The van der Waals surface area contributed by atoms with E-state index in [1.165, 1.54) is 0 Å². The molecule has 1 amide bonds. The van der Waals surface area contributed by atoms with Crippen LogP contribution >= 0.6 is 0 Å². The number of nitrogens with one attached hydrogen (secondary N) is 1. The quantitative estimate of drug-likeness (QED) is 0.927. The van der Waals surface area contributed by atoms with Crippen LogP contribution in [0.4, 0.5) is 13.2 Å². The van der Waals surface area contributed by atoms with Crippen LogP contribution < -0.4 is 5.32 Å². The molecule has 0 bridgehead atoms. The molecule has 2 rings (SSSR count). The Morgan fingerprint density at radius 1 is 1.36 bits per heavy atom. The Kier molecular flexibility index (Phi) is 5.03. The maximum atomic E-state index is 12.2. The Bertz CT molecular complexity index is 563. The predicted octanol–water partition coefficient (Wildman–Crippen LogP) is 2.20. The van der Waals surface area contributed by atoms with E-state index in [1.807, 2.05) is 16.3 Å². The molecule has 0 aromatic heterocycles. The first-order chi connectivity index (χ1) is 10.4. The molecule has 4 nitrogen and oxygen atoms in total. The molecule has 1 fully saturated rings. The number of alkyl halides is 3. The molecule has 118 valence electrons. The topological polar surface area (TPSA) is 56.1 Å². The smallest absolute Gasteiger partial charge is 0.346 e. The third-order valence-corrected chi connectivity index (χ3v) is 3.60. The zero-order valence-corrected chi connectivity index (χ0v) is 11.9. The van der Waals surface area contributed by atoms with Crippen LogP contribution in [0.2, 0.25) is 0 Å². The van der Waals surface area contributed by atoms with E-state index in [-0.39, 0.29) is 0 Å². The van der Waals surface area contributed by atoms with Gasteiger partial charge >= 0.3 is 6.18 Å². The van der Waals surface area contributed by atoms with E-state index in [0.717, 1.165) is 12.0 Å². The minimum absolute atomic E-state index is 0.482. The molecular formula is C15H16F3N3O. The zero-order valence-electron chi connectivity index (χ0n) is 11.9. The fraction of sp³-hybridized carbons (Fsp3) is 0.467. The SMILES string of the molecule is N#Cc1ccc(CN2CCC[C@@H]2C(=O)NCC(F)(F)F)cc1. The molecule has 0 spiro atoms. The Labute approximate surface area is 126 Å². The van der Waals surface area contributed by atoms with Gasteiger partial charge in [0.2, 0.25) is 5.91 Å². The first-order valence-corrected chi connectivity index (χ1v) is 6.96. The third kappa shape index (κ3) is 4.46. The average molecular weight is 311 g/mol. The number of hydrogen-bond acceptors (Lipinski definition) is 3. The van der Waals surface area contributed by atoms with Crippen molar-refractivity contribution in [2.24, 2.45) is 0 Å². The summed E-state index contributed by atoms with van der Waals surface area (Å²) in [5, 5.41) is 10.7. The van der Waals surface area contributed by atoms with Crippen molar-refractivity contribution in [2.75, 3.05) is 13.1 Å². The molecule has 1 aliphatic heterocycles. The maximum absolute atomic E-state index is 12.2. The van der Waals surface area contributed by atoms with E-state index in [0.29, 0.717) is 25.1 Å². The Balaban J connectivity index is 1.95. The van der Waals surface area contributed by atoms with E-state index in [4.69, 9.17) is 5.26 Å². The van der Waals surface area contributed by atoms with Crippen molar-refractivity contribution in [1.29, 1.82) is 5.26 Å². The van der Waals surface area contributed by atoms with Gasteiger partial charge in [-0.3, -0.25) is 9.69 Å². The van der Waals surface area contributed by atoms with Crippen molar-refractivity contribution in [1.82, 2.24) is 10.2 Å². The summed E-state index contributed by atoms with van der Waals surface area (Å²) in [6.45, 7) is -0.146. The zero-order chi connectivity index (χ0) is 16.2. The lowest BCUT2D eigenvalue weighted by molar-refractivity contribution is -0.141. The van der Waals surface area contributed by atoms with Gasteiger partial charge in [0.05, 0.1) is 17.7 Å². The Morgan fingerprint density at radius 3 is 2.64 bits per heavy atom. The largest absolute Gasteiger partial charge is 0.405 e. The summed E-state index contributed by atoms with van der Waals surface area (Å²) in [5.74, 6) is -0.580. The van der Waals surface area contributed by atoms with Crippen LogP contribution in [0.3, 0.4) is 0 Å². The maximum Gasteiger partial charge on any atom is 0.405 e. The summed E-state index contributed by atoms with van der Waals surface area (Å²) in [6, 6.07) is 8.45. The number of benzene rings is 1. The average Bonchev–Trinajstić information content (AvgIpc) is 2.93. The van der Waals surface area contributed by atoms with Gasteiger partial charge in [-0.25, -0.2) is 0 Å². The van der Waals surface area contributed by atoms with Gasteiger partial charge in [-0.15, -0.1) is 0 Å². The van der Waals surface area contributed by atoms with E-state index in [1.54, 1.807) is 24.3 Å². The Morgan fingerprint density at radius 2 is 2.05 bits per heavy atom. The van der Waals surface area contributed by atoms with Crippen LogP contribution in [0, 0.1) is 11.3 Å². The normalized spacial score (nSPS) is 18.9. The number of amides is 1. The first-order valence-electron chi connectivity index (χ1n) is 6.96. The minimum Gasteiger partial charge on any atom is -0.346 e. The van der Waals surface area contributed by atoms with E-state index in [2.05, 4.69) is 0 Å². The lowest BCUT2D eigenvalue weighted by Crippen LogP contribution is -2.45. The molecule has 0 radical (unpaired) electrons. The number of nitriles is 1. The summed E-state index contributed by atoms with van der Waals surface area (Å²) in [5.41, 5.74) is 1.47. The fourth-order valence-electron chi connectivity index (χ4n) is 2.54. The highest BCUT2D eigenvalue weighted by Crippen LogP contribution is 2.21. The van der Waals surface area contributed by atoms with Crippen LogP contribution in [0.25, 0.3) is 0 Å². The third-order valence-electron chi connectivity index (χ3n) is 3.60. The van der Waals surface area contributed by atoms with Crippen molar-refractivity contribution in [3.63, 3.8) is 0 Å². The van der Waals surface area contributed by atoms with Crippen molar-refractivity contribution < 1.29 is 18.0 Å². The monoisotopic (exact) mass is 311 g/mol. The number of nitrogens with zero attached hydrogens (tertiary/aromatic N) is 2. The second-order valence-electron chi connectivity index (χ2n) is 5.27. The van der Waals surface area contributed by atoms with Gasteiger partial charge in [-0.1, -0.05) is 12.1 Å². The van der Waals surface area contributed by atoms with Gasteiger partial charge in [-0.2, -0.15) is 18.4 Å². The van der Waals surface area contributed by atoms with E-state index >= 15 is 0 Å². The summed E-state index contributed by atoms with van der Waals surface area (Å²) in [7, 11) is 0. The number of carbonyl (C=O) groups is 1. The molecule has 0 saturated carbocycles. The lowest BCUT2D eigenvalue weighted by Gasteiger charge is -2.24. The molecule has 0 unspecified atom stereocenters. The van der Waals surface area contributed by atoms with Crippen LogP contribution in [-0.2, 0) is 11.3 Å². The molecule has 1 heterocycles. The van der Waals surface area contributed by atoms with Gasteiger partial charge in [0.15, 0.2) is 0 Å². The van der Waals surface area contributed by atoms with Gasteiger partial charge in [0.1, 0.15) is 6.54 Å². The highest BCUT2D eigenvalue weighted by molar-refractivity contribution is 5.82. The van der Waals surface area contributed by atoms with Gasteiger partial charge in [0.25, 0.3) is 0 Å². The number of hydrogen-bond donors (Lipinski definition) is 1.